The van der Waals surface area contributed by atoms with Gasteiger partial charge in [-0.05, 0) is 58.5 Å². The molecule has 0 bridgehead atoms. The van der Waals surface area contributed by atoms with E-state index in [0.717, 1.165) is 28.6 Å². The Hall–Kier alpha value is -4.94. The molecule has 220 valence electrons. The van der Waals surface area contributed by atoms with Gasteiger partial charge in [-0.15, -0.1) is 0 Å². The quantitative estimate of drug-likeness (QED) is 0.225. The van der Waals surface area contributed by atoms with Gasteiger partial charge in [-0.1, -0.05) is 0 Å². The SMILES string of the molecule is CN(C)CCOc1cncc(-c2cnc3[nH]nc(-c4nc5c(-c6cc(F)cc(OCCN(C)C)c6)nccc5[nH]4)c3c2)c1. The van der Waals surface area contributed by atoms with E-state index in [9.17, 15) is 4.39 Å². The number of rotatable bonds is 11. The lowest BCUT2D eigenvalue weighted by molar-refractivity contribution is 0.260. The summed E-state index contributed by atoms with van der Waals surface area (Å²) >= 11 is 0. The number of aromatic amines is 2. The first-order valence-electron chi connectivity index (χ1n) is 13.8. The molecule has 6 rings (SSSR count). The number of hydrogen-bond acceptors (Lipinski definition) is 9. The van der Waals surface area contributed by atoms with E-state index in [4.69, 9.17) is 14.5 Å². The fourth-order valence-electron chi connectivity index (χ4n) is 4.63. The number of imidazole rings is 1. The van der Waals surface area contributed by atoms with Gasteiger partial charge in [-0.25, -0.2) is 14.4 Å². The van der Waals surface area contributed by atoms with Gasteiger partial charge in [-0.2, -0.15) is 5.10 Å². The maximum atomic E-state index is 14.6. The van der Waals surface area contributed by atoms with Gasteiger partial charge in [0.25, 0.3) is 0 Å². The van der Waals surface area contributed by atoms with E-state index in [1.165, 1.54) is 12.1 Å². The first kappa shape index (κ1) is 28.2. The Balaban J connectivity index is 1.33. The first-order chi connectivity index (χ1) is 20.8. The van der Waals surface area contributed by atoms with Crippen LogP contribution >= 0.6 is 0 Å². The van der Waals surface area contributed by atoms with Crippen LogP contribution in [-0.4, -0.2) is 99.4 Å². The zero-order valence-corrected chi connectivity index (χ0v) is 24.4. The number of hydrogen-bond donors (Lipinski definition) is 2. The molecule has 5 heterocycles. The van der Waals surface area contributed by atoms with Crippen LogP contribution in [0.2, 0.25) is 0 Å². The lowest BCUT2D eigenvalue weighted by Crippen LogP contribution is -2.19. The van der Waals surface area contributed by atoms with Crippen molar-refractivity contribution in [3.8, 4) is 45.4 Å². The van der Waals surface area contributed by atoms with Crippen molar-refractivity contribution in [2.24, 2.45) is 0 Å². The normalized spacial score (nSPS) is 11.7. The third-order valence-corrected chi connectivity index (χ3v) is 6.85. The summed E-state index contributed by atoms with van der Waals surface area (Å²) in [5, 5.41) is 8.30. The lowest BCUT2D eigenvalue weighted by Gasteiger charge is -2.12. The predicted molar refractivity (Wildman–Crippen MR) is 163 cm³/mol. The Labute approximate surface area is 247 Å². The van der Waals surface area contributed by atoms with E-state index in [2.05, 4.69) is 35.0 Å². The van der Waals surface area contributed by atoms with E-state index in [-0.39, 0.29) is 0 Å². The van der Waals surface area contributed by atoms with Gasteiger partial charge in [0.2, 0.25) is 0 Å². The van der Waals surface area contributed by atoms with Crippen molar-refractivity contribution in [1.29, 1.82) is 0 Å². The minimum Gasteiger partial charge on any atom is -0.492 e. The van der Waals surface area contributed by atoms with Gasteiger partial charge in [-0.3, -0.25) is 15.1 Å². The van der Waals surface area contributed by atoms with Gasteiger partial charge in [0.1, 0.15) is 41.7 Å². The van der Waals surface area contributed by atoms with Crippen molar-refractivity contribution < 1.29 is 13.9 Å². The van der Waals surface area contributed by atoms with Crippen molar-refractivity contribution >= 4 is 22.1 Å². The molecule has 0 saturated heterocycles. The molecule has 0 spiro atoms. The molecule has 2 N–H and O–H groups in total. The van der Waals surface area contributed by atoms with Crippen LogP contribution in [0.15, 0.2) is 61.2 Å². The van der Waals surface area contributed by atoms with Gasteiger partial charge in [0, 0.05) is 54.4 Å². The molecule has 0 radical (unpaired) electrons. The van der Waals surface area contributed by atoms with Gasteiger partial charge >= 0.3 is 0 Å². The highest BCUT2D eigenvalue weighted by Crippen LogP contribution is 2.33. The minimum absolute atomic E-state index is 0.412. The molecule has 0 aliphatic heterocycles. The van der Waals surface area contributed by atoms with Crippen LogP contribution in [0, 0.1) is 5.82 Å². The fourth-order valence-corrected chi connectivity index (χ4v) is 4.63. The molecule has 6 aromatic rings. The highest BCUT2D eigenvalue weighted by molar-refractivity contribution is 5.96. The second-order valence-electron chi connectivity index (χ2n) is 10.7. The first-order valence-corrected chi connectivity index (χ1v) is 13.8. The smallest absolute Gasteiger partial charge is 0.159 e. The molecule has 0 amide bonds. The number of nitrogens with one attached hydrogen (secondary N) is 2. The third-order valence-electron chi connectivity index (χ3n) is 6.85. The number of benzene rings is 1. The maximum absolute atomic E-state index is 14.6. The highest BCUT2D eigenvalue weighted by Gasteiger charge is 2.18. The molecule has 0 aliphatic rings. The van der Waals surface area contributed by atoms with Crippen molar-refractivity contribution in [1.82, 2.24) is 44.9 Å². The second-order valence-corrected chi connectivity index (χ2v) is 10.7. The summed E-state index contributed by atoms with van der Waals surface area (Å²) in [7, 11) is 7.92. The number of nitrogens with zero attached hydrogens (tertiary/aromatic N) is 7. The molecule has 0 aliphatic carbocycles. The van der Waals surface area contributed by atoms with Crippen molar-refractivity contribution in [3.63, 3.8) is 0 Å². The Morgan fingerprint density at radius 2 is 1.53 bits per heavy atom. The zero-order valence-electron chi connectivity index (χ0n) is 24.4. The van der Waals surface area contributed by atoms with Crippen molar-refractivity contribution in [2.45, 2.75) is 0 Å². The molecular formula is C31H32FN9O2. The summed E-state index contributed by atoms with van der Waals surface area (Å²) < 4.78 is 26.3. The molecule has 0 fully saturated rings. The average molecular weight is 582 g/mol. The zero-order chi connectivity index (χ0) is 29.9. The van der Waals surface area contributed by atoms with E-state index < -0.39 is 5.82 Å². The maximum Gasteiger partial charge on any atom is 0.159 e. The molecule has 43 heavy (non-hydrogen) atoms. The molecule has 0 unspecified atom stereocenters. The third kappa shape index (κ3) is 6.30. The summed E-state index contributed by atoms with van der Waals surface area (Å²) in [4.78, 5) is 25.8. The molecule has 0 saturated carbocycles. The number of likely N-dealkylation sites (N-methyl/N-ethyl adjacent to an activating group) is 2. The largest absolute Gasteiger partial charge is 0.492 e. The fraction of sp³-hybridized carbons (Fsp3) is 0.258. The van der Waals surface area contributed by atoms with Gasteiger partial charge in [0.15, 0.2) is 11.5 Å². The lowest BCUT2D eigenvalue weighted by atomic mass is 10.1. The van der Waals surface area contributed by atoms with Crippen molar-refractivity contribution in [3.05, 3.63) is 67.0 Å². The number of fused-ring (bicyclic) bond motifs is 2. The highest BCUT2D eigenvalue weighted by atomic mass is 19.1. The topological polar surface area (TPSA) is 121 Å². The van der Waals surface area contributed by atoms with Crippen LogP contribution in [0.3, 0.4) is 0 Å². The van der Waals surface area contributed by atoms with E-state index in [1.807, 2.05) is 51.3 Å². The molecular weight excluding hydrogens is 549 g/mol. The number of halogens is 1. The minimum atomic E-state index is -0.412. The number of pyridine rings is 3. The molecule has 12 heteroatoms. The van der Waals surface area contributed by atoms with Gasteiger partial charge in [0.05, 0.1) is 22.8 Å². The van der Waals surface area contributed by atoms with Crippen LogP contribution in [0.1, 0.15) is 0 Å². The average Bonchev–Trinajstić information content (AvgIpc) is 3.60. The Morgan fingerprint density at radius 1 is 0.791 bits per heavy atom. The van der Waals surface area contributed by atoms with Crippen LogP contribution in [0.5, 0.6) is 11.5 Å². The monoisotopic (exact) mass is 581 g/mol. The summed E-state index contributed by atoms with van der Waals surface area (Å²) in [6.07, 6.45) is 6.91. The predicted octanol–water partition coefficient (Wildman–Crippen LogP) is 4.65. The Bertz CT molecular complexity index is 1880. The summed E-state index contributed by atoms with van der Waals surface area (Å²) in [6.45, 7) is 2.51. The second kappa shape index (κ2) is 12.1. The van der Waals surface area contributed by atoms with Crippen LogP contribution in [0.25, 0.3) is 56.0 Å². The summed E-state index contributed by atoms with van der Waals surface area (Å²) in [5.41, 5.74) is 5.39. The van der Waals surface area contributed by atoms with E-state index in [1.54, 1.807) is 30.9 Å². The van der Waals surface area contributed by atoms with Crippen LogP contribution < -0.4 is 9.47 Å². The number of aromatic nitrogens is 7. The van der Waals surface area contributed by atoms with Crippen LogP contribution in [0.4, 0.5) is 4.39 Å². The number of ether oxygens (including phenoxy) is 2. The Morgan fingerprint density at radius 3 is 2.33 bits per heavy atom. The summed E-state index contributed by atoms with van der Waals surface area (Å²) in [6, 6.07) is 10.4. The standard InChI is InChI=1S/C31H32FN9O2/c1-40(2)7-9-42-23-12-19(11-22(32)15-23)27-29-26(5-6-34-27)36-31(37-29)28-25-14-21(17-35-30(25)39-38-28)20-13-24(18-33-16-20)43-10-8-41(3)4/h5-6,11-18H,7-10H2,1-4H3,(H,36,37)(H,35,38,39). The van der Waals surface area contributed by atoms with E-state index in [0.29, 0.717) is 65.2 Å². The molecule has 11 nitrogen and oxygen atoms in total. The van der Waals surface area contributed by atoms with Crippen LogP contribution in [-0.2, 0) is 0 Å². The molecule has 0 atom stereocenters. The molecule has 5 aromatic heterocycles. The Kier molecular flexibility index (Phi) is 7.95. The summed E-state index contributed by atoms with van der Waals surface area (Å²) in [5.74, 6) is 1.25. The van der Waals surface area contributed by atoms with E-state index >= 15 is 0 Å². The molecule has 1 aromatic carbocycles. The number of H-pyrrole nitrogens is 2. The van der Waals surface area contributed by atoms with Crippen molar-refractivity contribution in [2.75, 3.05) is 54.5 Å². The van der Waals surface area contributed by atoms with Gasteiger partial charge < -0.3 is 24.3 Å².